The highest BCUT2D eigenvalue weighted by Crippen LogP contribution is 2.14. The fourth-order valence-electron chi connectivity index (χ4n) is 1.45. The second-order valence-corrected chi connectivity index (χ2v) is 4.41. The van der Waals surface area contributed by atoms with Crippen LogP contribution in [0.15, 0.2) is 18.2 Å². The zero-order chi connectivity index (χ0) is 13.7. The molecule has 0 bridgehead atoms. The first kappa shape index (κ1) is 13.1. The fraction of sp³-hybridized carbons (Fsp3) is 0.167. The van der Waals surface area contributed by atoms with Crippen LogP contribution in [0.4, 0.5) is 5.13 Å². The van der Waals surface area contributed by atoms with E-state index in [0.717, 1.165) is 17.1 Å². The van der Waals surface area contributed by atoms with Crippen LogP contribution in [0.5, 0.6) is 0 Å². The van der Waals surface area contributed by atoms with Gasteiger partial charge in [-0.25, -0.2) is 0 Å². The minimum Gasteiger partial charge on any atom is -0.320 e. The average molecular weight is 273 g/mol. The van der Waals surface area contributed by atoms with Crippen molar-refractivity contribution < 1.29 is 4.79 Å². The molecule has 1 amide bonds. The molecule has 0 aliphatic heterocycles. The number of anilines is 1. The molecule has 0 saturated carbocycles. The summed E-state index contributed by atoms with van der Waals surface area (Å²) in [6, 6.07) is 5.41. The Bertz CT molecular complexity index is 642. The van der Waals surface area contributed by atoms with Crippen molar-refractivity contribution in [2.24, 2.45) is 5.73 Å². The maximum atomic E-state index is 12.1. The number of carbonyl (C=O) groups excluding carboxylic acids is 1. The molecule has 1 aromatic carbocycles. The topological polar surface area (TPSA) is 93.8 Å². The number of nitrogens with one attached hydrogen (secondary N) is 1. The molecule has 0 fully saturated rings. The minimum atomic E-state index is -0.292. The van der Waals surface area contributed by atoms with Crippen molar-refractivity contribution in [1.29, 1.82) is 0 Å². The number of nitrogens with two attached hydrogens (primary N) is 1. The number of aromatic nitrogens is 3. The molecule has 0 unspecified atom stereocenters. The van der Waals surface area contributed by atoms with E-state index >= 15 is 0 Å². The van der Waals surface area contributed by atoms with Gasteiger partial charge in [0.1, 0.15) is 0 Å². The van der Waals surface area contributed by atoms with E-state index in [-0.39, 0.29) is 12.5 Å². The van der Waals surface area contributed by atoms with Crippen LogP contribution in [0.1, 0.15) is 21.5 Å². The van der Waals surface area contributed by atoms with Gasteiger partial charge in [0, 0.05) is 17.1 Å². The number of rotatable bonds is 2. The van der Waals surface area contributed by atoms with E-state index in [0.29, 0.717) is 16.3 Å². The lowest BCUT2D eigenvalue weighted by molar-refractivity contribution is 0.102. The molecular formula is C12H11N5OS. The minimum absolute atomic E-state index is 0.245. The molecule has 6 nitrogen and oxygen atoms in total. The van der Waals surface area contributed by atoms with Gasteiger partial charge in [-0.2, -0.15) is 0 Å². The van der Waals surface area contributed by atoms with Crippen LogP contribution in [-0.4, -0.2) is 27.3 Å². The Morgan fingerprint density at radius 3 is 3.05 bits per heavy atom. The number of hydrogen-bond acceptors (Lipinski definition) is 6. The molecule has 0 spiro atoms. The van der Waals surface area contributed by atoms with Gasteiger partial charge < -0.3 is 5.73 Å². The number of nitrogens with zero attached hydrogens (tertiary/aromatic N) is 3. The molecule has 1 heterocycles. The van der Waals surface area contributed by atoms with Crippen LogP contribution in [0.25, 0.3) is 0 Å². The molecule has 0 aliphatic carbocycles. The highest BCUT2D eigenvalue weighted by molar-refractivity contribution is 7.09. The third kappa shape index (κ3) is 3.34. The van der Waals surface area contributed by atoms with Crippen molar-refractivity contribution >= 4 is 22.6 Å². The first-order valence-electron chi connectivity index (χ1n) is 5.46. The van der Waals surface area contributed by atoms with Crippen LogP contribution in [0, 0.1) is 18.8 Å². The lowest BCUT2D eigenvalue weighted by Gasteiger charge is -2.05. The predicted molar refractivity (Wildman–Crippen MR) is 72.8 cm³/mol. The molecule has 3 N–H and O–H groups in total. The molecule has 2 rings (SSSR count). The molecule has 2 aromatic rings. The Hall–Kier alpha value is -2.30. The van der Waals surface area contributed by atoms with Gasteiger partial charge >= 0.3 is 0 Å². The van der Waals surface area contributed by atoms with Gasteiger partial charge in [0.25, 0.3) is 5.91 Å². The van der Waals surface area contributed by atoms with E-state index in [9.17, 15) is 4.79 Å². The summed E-state index contributed by atoms with van der Waals surface area (Å²) in [5, 5.41) is 10.0. The van der Waals surface area contributed by atoms with Gasteiger partial charge in [0.15, 0.2) is 0 Å². The average Bonchev–Trinajstić information content (AvgIpc) is 2.89. The SMILES string of the molecule is Cc1ccc(C(=O)Nc2nnns2)c(C#CCN)c1. The fourth-order valence-corrected chi connectivity index (χ4v) is 1.81. The highest BCUT2D eigenvalue weighted by Gasteiger charge is 2.12. The maximum Gasteiger partial charge on any atom is 0.258 e. The Kier molecular flexibility index (Phi) is 4.18. The van der Waals surface area contributed by atoms with Crippen LogP contribution in [-0.2, 0) is 0 Å². The largest absolute Gasteiger partial charge is 0.320 e. The summed E-state index contributed by atoms with van der Waals surface area (Å²) < 4.78 is 3.58. The molecule has 0 aliphatic rings. The molecule has 0 atom stereocenters. The van der Waals surface area contributed by atoms with Gasteiger partial charge in [-0.1, -0.05) is 27.5 Å². The third-order valence-corrected chi connectivity index (χ3v) is 2.78. The summed E-state index contributed by atoms with van der Waals surface area (Å²) in [6.07, 6.45) is 0. The van der Waals surface area contributed by atoms with Gasteiger partial charge in [-0.3, -0.25) is 10.1 Å². The van der Waals surface area contributed by atoms with Crippen LogP contribution in [0.3, 0.4) is 0 Å². The summed E-state index contributed by atoms with van der Waals surface area (Å²) in [5.41, 5.74) is 7.49. The Morgan fingerprint density at radius 1 is 1.53 bits per heavy atom. The van der Waals surface area contributed by atoms with Crippen molar-refractivity contribution in [2.75, 3.05) is 11.9 Å². The molecule has 0 radical (unpaired) electrons. The molecule has 7 heteroatoms. The van der Waals surface area contributed by atoms with E-state index in [1.165, 1.54) is 0 Å². The normalized spacial score (nSPS) is 9.58. The highest BCUT2D eigenvalue weighted by atomic mass is 32.1. The zero-order valence-corrected chi connectivity index (χ0v) is 11.0. The molecule has 96 valence electrons. The maximum absolute atomic E-state index is 12.1. The van der Waals surface area contributed by atoms with E-state index in [2.05, 4.69) is 32.0 Å². The summed E-state index contributed by atoms with van der Waals surface area (Å²) in [4.78, 5) is 12.1. The zero-order valence-electron chi connectivity index (χ0n) is 10.2. The van der Waals surface area contributed by atoms with Crippen molar-refractivity contribution in [2.45, 2.75) is 6.92 Å². The van der Waals surface area contributed by atoms with Crippen LogP contribution < -0.4 is 11.1 Å². The summed E-state index contributed by atoms with van der Waals surface area (Å²) in [6.45, 7) is 2.18. The van der Waals surface area contributed by atoms with Gasteiger partial charge in [-0.15, -0.1) is 0 Å². The summed E-state index contributed by atoms with van der Waals surface area (Å²) in [7, 11) is 0. The Morgan fingerprint density at radius 2 is 2.37 bits per heavy atom. The Labute approximate surface area is 114 Å². The standard InChI is InChI=1S/C12H11N5OS/c1-8-4-5-10(9(7-8)3-2-6-13)11(18)14-12-15-16-17-19-12/h4-5,7H,6,13H2,1H3,(H,14,15,17,18). The Balaban J connectivity index is 2.30. The molecule has 0 saturated heterocycles. The van der Waals surface area contributed by atoms with Crippen molar-refractivity contribution in [3.63, 3.8) is 0 Å². The number of hydrogen-bond donors (Lipinski definition) is 2. The van der Waals surface area contributed by atoms with E-state index in [1.54, 1.807) is 6.07 Å². The first-order chi connectivity index (χ1) is 9.20. The second kappa shape index (κ2) is 6.04. The summed E-state index contributed by atoms with van der Waals surface area (Å²) in [5.74, 6) is 5.34. The number of carbonyl (C=O) groups is 1. The van der Waals surface area contributed by atoms with Crippen molar-refractivity contribution in [3.8, 4) is 11.8 Å². The number of benzene rings is 1. The number of amides is 1. The molecule has 19 heavy (non-hydrogen) atoms. The van der Waals surface area contributed by atoms with Crippen molar-refractivity contribution in [1.82, 2.24) is 14.8 Å². The van der Waals surface area contributed by atoms with E-state index in [4.69, 9.17) is 5.73 Å². The van der Waals surface area contributed by atoms with Gasteiger partial charge in [0.2, 0.25) is 5.13 Å². The van der Waals surface area contributed by atoms with E-state index < -0.39 is 0 Å². The van der Waals surface area contributed by atoms with Crippen molar-refractivity contribution in [3.05, 3.63) is 34.9 Å². The predicted octanol–water partition coefficient (Wildman–Crippen LogP) is 0.804. The van der Waals surface area contributed by atoms with Gasteiger partial charge in [0.05, 0.1) is 12.1 Å². The lowest BCUT2D eigenvalue weighted by Crippen LogP contribution is -2.13. The van der Waals surface area contributed by atoms with Crippen LogP contribution in [0.2, 0.25) is 0 Å². The number of aryl methyl sites for hydroxylation is 1. The molecule has 1 aromatic heterocycles. The first-order valence-corrected chi connectivity index (χ1v) is 6.24. The van der Waals surface area contributed by atoms with E-state index in [1.807, 2.05) is 19.1 Å². The molecular weight excluding hydrogens is 262 g/mol. The van der Waals surface area contributed by atoms with Gasteiger partial charge in [-0.05, 0) is 29.8 Å². The second-order valence-electron chi connectivity index (χ2n) is 3.68. The summed E-state index contributed by atoms with van der Waals surface area (Å²) >= 11 is 1.01. The lowest BCUT2D eigenvalue weighted by atomic mass is 10.0. The van der Waals surface area contributed by atoms with Crippen LogP contribution >= 0.6 is 11.5 Å². The monoisotopic (exact) mass is 273 g/mol. The third-order valence-electron chi connectivity index (χ3n) is 2.26. The quantitative estimate of drug-likeness (QED) is 0.789. The smallest absolute Gasteiger partial charge is 0.258 e.